The number of aromatic nitrogens is 1. The second kappa shape index (κ2) is 8.13. The van der Waals surface area contributed by atoms with Crippen LogP contribution in [0.3, 0.4) is 0 Å². The molecule has 0 N–H and O–H groups in total. The van der Waals surface area contributed by atoms with Crippen LogP contribution in [0.4, 0.5) is 0 Å². The molecule has 5 heteroatoms. The average Bonchev–Trinajstić information content (AvgIpc) is 3.11. The molecule has 0 aliphatic carbocycles. The van der Waals surface area contributed by atoms with E-state index in [0.717, 1.165) is 30.7 Å². The molecule has 3 aromatic rings. The Kier molecular flexibility index (Phi) is 5.03. The predicted octanol–water partition coefficient (Wildman–Crippen LogP) is 4.48. The smallest absolute Gasteiger partial charge is 0.232 e. The fourth-order valence-corrected chi connectivity index (χ4v) is 3.89. The van der Waals surface area contributed by atoms with Crippen molar-refractivity contribution < 1.29 is 14.3 Å². The molecule has 0 radical (unpaired) electrons. The van der Waals surface area contributed by atoms with Gasteiger partial charge in [0.15, 0.2) is 5.76 Å². The number of aryl methyl sites for hydroxylation is 1. The van der Waals surface area contributed by atoms with Crippen LogP contribution in [0.2, 0.25) is 0 Å². The van der Waals surface area contributed by atoms with E-state index in [1.54, 1.807) is 18.3 Å². The summed E-state index contributed by atoms with van der Waals surface area (Å²) >= 11 is 0. The van der Waals surface area contributed by atoms with Gasteiger partial charge in [-0.2, -0.15) is 0 Å². The van der Waals surface area contributed by atoms with Crippen LogP contribution in [0.1, 0.15) is 33.6 Å². The van der Waals surface area contributed by atoms with Crippen LogP contribution < -0.4 is 9.47 Å². The number of ether oxygens (including phenoxy) is 2. The molecule has 0 saturated heterocycles. The molecule has 150 valence electrons. The predicted molar refractivity (Wildman–Crippen MR) is 114 cm³/mol. The van der Waals surface area contributed by atoms with E-state index in [2.05, 4.69) is 34.1 Å². The topological polar surface area (TPSA) is 51.7 Å². The maximum absolute atomic E-state index is 12.8. The number of ketones is 1. The molecule has 5 rings (SSSR count). The molecule has 0 amide bonds. The first kappa shape index (κ1) is 18.6. The van der Waals surface area contributed by atoms with Gasteiger partial charge < -0.3 is 9.47 Å². The van der Waals surface area contributed by atoms with Gasteiger partial charge in [-0.25, -0.2) is 0 Å². The third-order valence-corrected chi connectivity index (χ3v) is 5.43. The quantitative estimate of drug-likeness (QED) is 0.593. The molecule has 30 heavy (non-hydrogen) atoms. The van der Waals surface area contributed by atoms with Gasteiger partial charge in [-0.05, 0) is 42.7 Å². The van der Waals surface area contributed by atoms with E-state index in [4.69, 9.17) is 9.47 Å². The lowest BCUT2D eigenvalue weighted by Gasteiger charge is -2.29. The molecule has 1 aromatic heterocycles. The van der Waals surface area contributed by atoms with Crippen LogP contribution in [-0.2, 0) is 13.0 Å². The van der Waals surface area contributed by atoms with Gasteiger partial charge in [-0.1, -0.05) is 36.4 Å². The summed E-state index contributed by atoms with van der Waals surface area (Å²) in [4.78, 5) is 19.3. The SMILES string of the molecule is O=C1/C(=C/c2ccccn2)Oc2c1ccc1c2CN(CCCc2ccccc2)CO1. The first-order chi connectivity index (χ1) is 14.8. The molecular formula is C25H22N2O3. The Morgan fingerprint density at radius 3 is 2.73 bits per heavy atom. The van der Waals surface area contributed by atoms with E-state index in [1.165, 1.54) is 5.56 Å². The highest BCUT2D eigenvalue weighted by Gasteiger charge is 2.33. The third-order valence-electron chi connectivity index (χ3n) is 5.43. The summed E-state index contributed by atoms with van der Waals surface area (Å²) in [5.74, 6) is 1.60. The molecule has 0 atom stereocenters. The van der Waals surface area contributed by atoms with Crippen LogP contribution in [0.15, 0.2) is 72.6 Å². The van der Waals surface area contributed by atoms with Crippen LogP contribution in [-0.4, -0.2) is 28.9 Å². The van der Waals surface area contributed by atoms with Gasteiger partial charge >= 0.3 is 0 Å². The zero-order valence-corrected chi connectivity index (χ0v) is 16.6. The van der Waals surface area contributed by atoms with Crippen molar-refractivity contribution in [3.05, 3.63) is 95.0 Å². The lowest BCUT2D eigenvalue weighted by Crippen LogP contribution is -2.33. The van der Waals surface area contributed by atoms with Crippen LogP contribution in [0, 0.1) is 0 Å². The van der Waals surface area contributed by atoms with Crippen molar-refractivity contribution in [3.63, 3.8) is 0 Å². The zero-order valence-electron chi connectivity index (χ0n) is 16.6. The number of hydrogen-bond acceptors (Lipinski definition) is 5. The molecule has 5 nitrogen and oxygen atoms in total. The molecule has 0 unspecified atom stereocenters. The fourth-order valence-electron chi connectivity index (χ4n) is 3.89. The lowest BCUT2D eigenvalue weighted by atomic mass is 10.0. The van der Waals surface area contributed by atoms with Gasteiger partial charge in [0, 0.05) is 25.4 Å². The number of fused-ring (bicyclic) bond motifs is 3. The first-order valence-corrected chi connectivity index (χ1v) is 10.2. The summed E-state index contributed by atoms with van der Waals surface area (Å²) in [6.45, 7) is 2.17. The fraction of sp³-hybridized carbons (Fsp3) is 0.200. The van der Waals surface area contributed by atoms with Crippen molar-refractivity contribution >= 4 is 11.9 Å². The molecule has 3 heterocycles. The Morgan fingerprint density at radius 2 is 1.90 bits per heavy atom. The molecule has 2 aliphatic rings. The Morgan fingerprint density at radius 1 is 1.03 bits per heavy atom. The summed E-state index contributed by atoms with van der Waals surface area (Å²) in [5, 5.41) is 0. The first-order valence-electron chi connectivity index (χ1n) is 10.2. The largest absolute Gasteiger partial charge is 0.478 e. The number of nitrogens with zero attached hydrogens (tertiary/aromatic N) is 2. The lowest BCUT2D eigenvalue weighted by molar-refractivity contribution is 0.0928. The standard InChI is InChI=1S/C25H22N2O3/c28-24-20-11-12-22-21(25(20)30-23(24)15-19-10-4-5-13-26-19)16-27(17-29-22)14-6-9-18-7-2-1-3-8-18/h1-5,7-8,10-13,15H,6,9,14,16-17H2/b23-15-. The number of Topliss-reactive ketones (excluding diaryl/α,β-unsaturated/α-hetero) is 1. The number of carbonyl (C=O) groups excluding carboxylic acids is 1. The Bertz CT molecular complexity index is 1090. The monoisotopic (exact) mass is 398 g/mol. The van der Waals surface area contributed by atoms with Crippen LogP contribution in [0.5, 0.6) is 11.5 Å². The zero-order chi connectivity index (χ0) is 20.3. The van der Waals surface area contributed by atoms with Gasteiger partial charge in [0.1, 0.15) is 18.2 Å². The Hall–Kier alpha value is -3.44. The average molecular weight is 398 g/mol. The molecule has 0 saturated carbocycles. The number of carbonyl (C=O) groups is 1. The third kappa shape index (κ3) is 3.72. The number of allylic oxidation sites excluding steroid dienone is 1. The summed E-state index contributed by atoms with van der Waals surface area (Å²) in [5.41, 5.74) is 3.57. The molecule has 0 bridgehead atoms. The van der Waals surface area contributed by atoms with Crippen molar-refractivity contribution in [1.82, 2.24) is 9.88 Å². The minimum Gasteiger partial charge on any atom is -0.478 e. The van der Waals surface area contributed by atoms with Gasteiger partial charge in [0.05, 0.1) is 16.8 Å². The highest BCUT2D eigenvalue weighted by Crippen LogP contribution is 2.41. The Labute approximate surface area is 175 Å². The summed E-state index contributed by atoms with van der Waals surface area (Å²) in [6.07, 6.45) is 5.46. The van der Waals surface area contributed by atoms with E-state index >= 15 is 0 Å². The Balaban J connectivity index is 1.31. The summed E-state index contributed by atoms with van der Waals surface area (Å²) < 4.78 is 12.0. The summed E-state index contributed by atoms with van der Waals surface area (Å²) in [6, 6.07) is 19.7. The van der Waals surface area contributed by atoms with E-state index in [-0.39, 0.29) is 5.78 Å². The van der Waals surface area contributed by atoms with Crippen molar-refractivity contribution in [2.45, 2.75) is 19.4 Å². The maximum Gasteiger partial charge on any atom is 0.232 e. The van der Waals surface area contributed by atoms with Gasteiger partial charge in [-0.15, -0.1) is 0 Å². The van der Waals surface area contributed by atoms with Crippen molar-refractivity contribution in [2.24, 2.45) is 0 Å². The van der Waals surface area contributed by atoms with E-state index < -0.39 is 0 Å². The summed E-state index contributed by atoms with van der Waals surface area (Å²) in [7, 11) is 0. The second-order valence-corrected chi connectivity index (χ2v) is 7.53. The number of benzene rings is 2. The van der Waals surface area contributed by atoms with Crippen LogP contribution >= 0.6 is 0 Å². The molecular weight excluding hydrogens is 376 g/mol. The molecule has 2 aliphatic heterocycles. The van der Waals surface area contributed by atoms with Gasteiger partial charge in [0.25, 0.3) is 0 Å². The molecule has 0 spiro atoms. The van der Waals surface area contributed by atoms with E-state index in [0.29, 0.717) is 36.0 Å². The van der Waals surface area contributed by atoms with Crippen molar-refractivity contribution in [1.29, 1.82) is 0 Å². The minimum atomic E-state index is -0.111. The van der Waals surface area contributed by atoms with Crippen LogP contribution in [0.25, 0.3) is 6.08 Å². The number of pyridine rings is 1. The normalized spacial score (nSPS) is 16.7. The van der Waals surface area contributed by atoms with Crippen molar-refractivity contribution in [3.8, 4) is 11.5 Å². The second-order valence-electron chi connectivity index (χ2n) is 7.53. The van der Waals surface area contributed by atoms with Gasteiger partial charge in [-0.3, -0.25) is 14.7 Å². The van der Waals surface area contributed by atoms with Gasteiger partial charge in [0.2, 0.25) is 5.78 Å². The molecule has 2 aromatic carbocycles. The maximum atomic E-state index is 12.8. The number of hydrogen-bond donors (Lipinski definition) is 0. The van der Waals surface area contributed by atoms with E-state index in [1.807, 2.05) is 30.3 Å². The van der Waals surface area contributed by atoms with E-state index in [9.17, 15) is 4.79 Å². The minimum absolute atomic E-state index is 0.111. The highest BCUT2D eigenvalue weighted by atomic mass is 16.5. The highest BCUT2D eigenvalue weighted by molar-refractivity contribution is 6.14. The molecule has 0 fully saturated rings. The number of rotatable bonds is 5. The van der Waals surface area contributed by atoms with Crippen molar-refractivity contribution in [2.75, 3.05) is 13.3 Å².